The number of carbonyl (C=O) groups is 1. The lowest BCUT2D eigenvalue weighted by Crippen LogP contribution is -2.03. The molecule has 3 heteroatoms. The van der Waals surface area contributed by atoms with Crippen LogP contribution in [-0.4, -0.2) is 10.8 Å². The van der Waals surface area contributed by atoms with Crippen LogP contribution in [0.1, 0.15) is 32.6 Å². The predicted octanol–water partition coefficient (Wildman–Crippen LogP) is 3.89. The van der Waals surface area contributed by atoms with E-state index in [4.69, 9.17) is 0 Å². The molecule has 0 radical (unpaired) electrons. The zero-order valence-electron chi connectivity index (χ0n) is 11.9. The minimum atomic E-state index is -0.0542. The highest BCUT2D eigenvalue weighted by molar-refractivity contribution is 6.17. The first-order valence-electron chi connectivity index (χ1n) is 6.74. The van der Waals surface area contributed by atoms with Gasteiger partial charge in [-0.3, -0.25) is 4.79 Å². The van der Waals surface area contributed by atoms with Crippen molar-refractivity contribution in [2.75, 3.05) is 0 Å². The van der Waals surface area contributed by atoms with Gasteiger partial charge >= 0.3 is 0 Å². The van der Waals surface area contributed by atoms with Gasteiger partial charge in [-0.15, -0.1) is 0 Å². The first-order chi connectivity index (χ1) is 10.1. The van der Waals surface area contributed by atoms with Gasteiger partial charge in [-0.05, 0) is 31.5 Å². The standard InChI is InChI=1S/C18H14N2O/c1-11-6-7-14(12(2)8-11)18(21)15-10-20-16-5-3-4-13(9-19)17(15)16/h3-8,10,20H,1-2H3. The zero-order valence-corrected chi connectivity index (χ0v) is 11.9. The largest absolute Gasteiger partial charge is 0.360 e. The van der Waals surface area contributed by atoms with Crippen molar-refractivity contribution < 1.29 is 4.79 Å². The van der Waals surface area contributed by atoms with Crippen LogP contribution in [-0.2, 0) is 0 Å². The van der Waals surface area contributed by atoms with E-state index in [1.165, 1.54) is 0 Å². The molecule has 1 N–H and O–H groups in total. The molecule has 0 atom stereocenters. The molecule has 0 aliphatic rings. The average molecular weight is 274 g/mol. The Morgan fingerprint density at radius 2 is 1.95 bits per heavy atom. The molecule has 102 valence electrons. The summed E-state index contributed by atoms with van der Waals surface area (Å²) in [5.74, 6) is -0.0542. The summed E-state index contributed by atoms with van der Waals surface area (Å²) in [5, 5.41) is 9.95. The van der Waals surface area contributed by atoms with Crippen molar-refractivity contribution >= 4 is 16.7 Å². The first-order valence-corrected chi connectivity index (χ1v) is 6.74. The quantitative estimate of drug-likeness (QED) is 0.721. The van der Waals surface area contributed by atoms with Crippen LogP contribution in [0.25, 0.3) is 10.9 Å². The van der Waals surface area contributed by atoms with Gasteiger partial charge in [0.05, 0.1) is 11.6 Å². The van der Waals surface area contributed by atoms with E-state index in [1.807, 2.05) is 44.2 Å². The van der Waals surface area contributed by atoms with Gasteiger partial charge in [0, 0.05) is 28.2 Å². The third-order valence-electron chi connectivity index (χ3n) is 3.70. The smallest absolute Gasteiger partial charge is 0.195 e. The number of aryl methyl sites for hydroxylation is 2. The van der Waals surface area contributed by atoms with Crippen LogP contribution < -0.4 is 0 Å². The molecule has 0 saturated heterocycles. The Kier molecular flexibility index (Phi) is 3.08. The van der Waals surface area contributed by atoms with Gasteiger partial charge in [0.15, 0.2) is 5.78 Å². The first kappa shape index (κ1) is 13.1. The Balaban J connectivity index is 2.21. The highest BCUT2D eigenvalue weighted by Crippen LogP contribution is 2.25. The summed E-state index contributed by atoms with van der Waals surface area (Å²) in [7, 11) is 0. The van der Waals surface area contributed by atoms with Gasteiger partial charge < -0.3 is 4.98 Å². The highest BCUT2D eigenvalue weighted by Gasteiger charge is 2.18. The maximum absolute atomic E-state index is 12.8. The van der Waals surface area contributed by atoms with Gasteiger partial charge in [0.25, 0.3) is 0 Å². The fourth-order valence-corrected chi connectivity index (χ4v) is 2.67. The molecule has 3 nitrogen and oxygen atoms in total. The number of hydrogen-bond acceptors (Lipinski definition) is 2. The fourth-order valence-electron chi connectivity index (χ4n) is 2.67. The normalized spacial score (nSPS) is 10.5. The summed E-state index contributed by atoms with van der Waals surface area (Å²) in [6, 6.07) is 13.3. The van der Waals surface area contributed by atoms with Gasteiger partial charge in [-0.2, -0.15) is 5.26 Å². The van der Waals surface area contributed by atoms with Crippen LogP contribution in [0.4, 0.5) is 0 Å². The number of benzene rings is 2. The number of nitrogens with zero attached hydrogens (tertiary/aromatic N) is 1. The molecule has 1 aromatic heterocycles. The van der Waals surface area contributed by atoms with E-state index < -0.39 is 0 Å². The predicted molar refractivity (Wildman–Crippen MR) is 82.4 cm³/mol. The summed E-state index contributed by atoms with van der Waals surface area (Å²) in [5.41, 5.74) is 4.62. The van der Waals surface area contributed by atoms with Crippen molar-refractivity contribution in [3.8, 4) is 6.07 Å². The molecule has 2 aromatic carbocycles. The Morgan fingerprint density at radius 3 is 2.67 bits per heavy atom. The number of H-pyrrole nitrogens is 1. The van der Waals surface area contributed by atoms with E-state index in [1.54, 1.807) is 12.3 Å². The van der Waals surface area contributed by atoms with Gasteiger partial charge in [0.2, 0.25) is 0 Å². The van der Waals surface area contributed by atoms with Crippen molar-refractivity contribution in [3.63, 3.8) is 0 Å². The Hall–Kier alpha value is -2.86. The molecule has 1 heterocycles. The third kappa shape index (κ3) is 2.11. The molecule has 3 aromatic rings. The lowest BCUT2D eigenvalue weighted by molar-refractivity contribution is 0.103. The number of carbonyl (C=O) groups excluding carboxylic acids is 1. The molecule has 0 aliphatic carbocycles. The Bertz CT molecular complexity index is 897. The van der Waals surface area contributed by atoms with Crippen molar-refractivity contribution in [2.24, 2.45) is 0 Å². The van der Waals surface area contributed by atoms with Crippen LogP contribution >= 0.6 is 0 Å². The second-order valence-electron chi connectivity index (χ2n) is 5.19. The summed E-state index contributed by atoms with van der Waals surface area (Å²) in [6.07, 6.45) is 1.69. The van der Waals surface area contributed by atoms with Gasteiger partial charge in [-0.25, -0.2) is 0 Å². The number of rotatable bonds is 2. The maximum Gasteiger partial charge on any atom is 0.195 e. The van der Waals surface area contributed by atoms with Gasteiger partial charge in [0.1, 0.15) is 0 Å². The Labute approximate surface area is 122 Å². The monoisotopic (exact) mass is 274 g/mol. The number of nitriles is 1. The van der Waals surface area contributed by atoms with E-state index >= 15 is 0 Å². The SMILES string of the molecule is Cc1ccc(C(=O)c2c[nH]c3cccc(C#N)c23)c(C)c1. The van der Waals surface area contributed by atoms with Crippen molar-refractivity contribution in [1.82, 2.24) is 4.98 Å². The molecule has 3 rings (SSSR count). The van der Waals surface area contributed by atoms with E-state index in [-0.39, 0.29) is 5.78 Å². The zero-order chi connectivity index (χ0) is 15.0. The molecular weight excluding hydrogens is 260 g/mol. The Morgan fingerprint density at radius 1 is 1.14 bits per heavy atom. The summed E-state index contributed by atoms with van der Waals surface area (Å²) in [6.45, 7) is 3.93. The number of fused-ring (bicyclic) bond motifs is 1. The van der Waals surface area contributed by atoms with Gasteiger partial charge in [-0.1, -0.05) is 29.8 Å². The minimum Gasteiger partial charge on any atom is -0.360 e. The third-order valence-corrected chi connectivity index (χ3v) is 3.70. The number of aromatic amines is 1. The number of ketones is 1. The number of aromatic nitrogens is 1. The maximum atomic E-state index is 12.8. The molecule has 0 unspecified atom stereocenters. The van der Waals surface area contributed by atoms with Crippen LogP contribution in [0.2, 0.25) is 0 Å². The summed E-state index contributed by atoms with van der Waals surface area (Å²) >= 11 is 0. The molecular formula is C18H14N2O. The van der Waals surface area contributed by atoms with Crippen LogP contribution in [0.5, 0.6) is 0 Å². The second-order valence-corrected chi connectivity index (χ2v) is 5.19. The van der Waals surface area contributed by atoms with E-state index in [0.29, 0.717) is 22.1 Å². The van der Waals surface area contributed by atoms with E-state index in [0.717, 1.165) is 16.6 Å². The van der Waals surface area contributed by atoms with E-state index in [9.17, 15) is 10.1 Å². The molecule has 0 aliphatic heterocycles. The fraction of sp³-hybridized carbons (Fsp3) is 0.111. The molecule has 21 heavy (non-hydrogen) atoms. The molecule has 0 fully saturated rings. The summed E-state index contributed by atoms with van der Waals surface area (Å²) in [4.78, 5) is 15.9. The van der Waals surface area contributed by atoms with Crippen molar-refractivity contribution in [2.45, 2.75) is 13.8 Å². The average Bonchev–Trinajstić information content (AvgIpc) is 2.90. The van der Waals surface area contributed by atoms with Crippen molar-refractivity contribution in [1.29, 1.82) is 5.26 Å². The lowest BCUT2D eigenvalue weighted by atomic mass is 9.96. The minimum absolute atomic E-state index is 0.0542. The summed E-state index contributed by atoms with van der Waals surface area (Å²) < 4.78 is 0. The van der Waals surface area contributed by atoms with Crippen LogP contribution in [0.3, 0.4) is 0 Å². The number of nitrogens with one attached hydrogen (secondary N) is 1. The molecule has 0 saturated carbocycles. The molecule has 0 amide bonds. The molecule has 0 spiro atoms. The van der Waals surface area contributed by atoms with Crippen LogP contribution in [0, 0.1) is 25.2 Å². The number of hydrogen-bond donors (Lipinski definition) is 1. The lowest BCUT2D eigenvalue weighted by Gasteiger charge is -2.06. The molecule has 0 bridgehead atoms. The van der Waals surface area contributed by atoms with E-state index in [2.05, 4.69) is 11.1 Å². The topological polar surface area (TPSA) is 56.6 Å². The van der Waals surface area contributed by atoms with Crippen molar-refractivity contribution in [3.05, 3.63) is 70.4 Å². The van der Waals surface area contributed by atoms with Crippen LogP contribution in [0.15, 0.2) is 42.6 Å². The highest BCUT2D eigenvalue weighted by atomic mass is 16.1. The second kappa shape index (κ2) is 4.92.